The molecule has 2 aromatic carbocycles. The minimum atomic E-state index is -0.227. The topological polar surface area (TPSA) is 93.2 Å². The van der Waals surface area contributed by atoms with E-state index in [9.17, 15) is 4.79 Å². The number of carbonyl (C=O) groups is 1. The third-order valence-corrected chi connectivity index (χ3v) is 2.81. The third-order valence-electron chi connectivity index (χ3n) is 2.81. The number of amides is 2. The summed E-state index contributed by atoms with van der Waals surface area (Å²) in [5, 5.41) is 5.55. The predicted octanol–water partition coefficient (Wildman–Crippen LogP) is 1.85. The zero-order chi connectivity index (χ0) is 14.4. The lowest BCUT2D eigenvalue weighted by molar-refractivity contribution is 0.240. The maximum absolute atomic E-state index is 11.7. The molecule has 0 aliphatic heterocycles. The fourth-order valence-corrected chi connectivity index (χ4v) is 1.83. The van der Waals surface area contributed by atoms with E-state index in [0.29, 0.717) is 24.5 Å². The number of anilines is 2. The number of benzene rings is 2. The van der Waals surface area contributed by atoms with Gasteiger partial charge in [-0.1, -0.05) is 24.3 Å². The van der Waals surface area contributed by atoms with E-state index in [2.05, 4.69) is 10.6 Å². The van der Waals surface area contributed by atoms with Gasteiger partial charge in [0.05, 0.1) is 0 Å². The minimum Gasteiger partial charge on any atom is -0.399 e. The summed E-state index contributed by atoms with van der Waals surface area (Å²) in [5.41, 5.74) is 14.6. The lowest BCUT2D eigenvalue weighted by Gasteiger charge is -2.08. The van der Waals surface area contributed by atoms with Gasteiger partial charge in [-0.25, -0.2) is 4.79 Å². The van der Waals surface area contributed by atoms with Gasteiger partial charge in [0.1, 0.15) is 0 Å². The second-order valence-electron chi connectivity index (χ2n) is 4.53. The van der Waals surface area contributed by atoms with Gasteiger partial charge >= 0.3 is 6.03 Å². The van der Waals surface area contributed by atoms with Crippen molar-refractivity contribution in [3.05, 3.63) is 59.7 Å². The van der Waals surface area contributed by atoms with Gasteiger partial charge in [0.2, 0.25) is 0 Å². The van der Waals surface area contributed by atoms with Crippen LogP contribution in [0.5, 0.6) is 0 Å². The number of hydrogen-bond acceptors (Lipinski definition) is 3. The SMILES string of the molecule is Nc1cccc(CNC(=O)NCc2cccc(N)c2)c1. The van der Waals surface area contributed by atoms with Crippen LogP contribution in [0.4, 0.5) is 16.2 Å². The van der Waals surface area contributed by atoms with Crippen molar-refractivity contribution in [2.45, 2.75) is 13.1 Å². The fourth-order valence-electron chi connectivity index (χ4n) is 1.83. The van der Waals surface area contributed by atoms with Crippen LogP contribution in [0.25, 0.3) is 0 Å². The van der Waals surface area contributed by atoms with Gasteiger partial charge in [-0.15, -0.1) is 0 Å². The number of rotatable bonds is 4. The zero-order valence-electron chi connectivity index (χ0n) is 11.1. The Balaban J connectivity index is 1.78. The molecule has 2 aromatic rings. The van der Waals surface area contributed by atoms with Crippen molar-refractivity contribution in [3.63, 3.8) is 0 Å². The molecule has 20 heavy (non-hydrogen) atoms. The monoisotopic (exact) mass is 270 g/mol. The van der Waals surface area contributed by atoms with Crippen molar-refractivity contribution in [3.8, 4) is 0 Å². The molecule has 0 heterocycles. The standard InChI is InChI=1S/C15H18N4O/c16-13-5-1-3-11(7-13)9-18-15(20)19-10-12-4-2-6-14(17)8-12/h1-8H,9-10,16-17H2,(H2,18,19,20). The van der Waals surface area contributed by atoms with Crippen molar-refractivity contribution in [2.75, 3.05) is 11.5 Å². The van der Waals surface area contributed by atoms with Crippen LogP contribution in [0, 0.1) is 0 Å². The van der Waals surface area contributed by atoms with Crippen molar-refractivity contribution in [1.82, 2.24) is 10.6 Å². The molecule has 0 saturated heterocycles. The maximum atomic E-state index is 11.7. The Bertz CT molecular complexity index is 546. The van der Waals surface area contributed by atoms with Gasteiger partial charge in [0.25, 0.3) is 0 Å². The second-order valence-corrected chi connectivity index (χ2v) is 4.53. The summed E-state index contributed by atoms with van der Waals surface area (Å²) in [6.07, 6.45) is 0. The smallest absolute Gasteiger partial charge is 0.315 e. The van der Waals surface area contributed by atoms with Crippen LogP contribution in [0.1, 0.15) is 11.1 Å². The Morgan fingerprint density at radius 2 is 1.30 bits per heavy atom. The van der Waals surface area contributed by atoms with Crippen molar-refractivity contribution >= 4 is 17.4 Å². The molecule has 0 aliphatic rings. The van der Waals surface area contributed by atoms with E-state index >= 15 is 0 Å². The average molecular weight is 270 g/mol. The molecule has 0 spiro atoms. The molecule has 2 rings (SSSR count). The molecule has 0 atom stereocenters. The molecule has 0 fully saturated rings. The summed E-state index contributed by atoms with van der Waals surface area (Å²) in [6.45, 7) is 0.877. The number of nitrogens with one attached hydrogen (secondary N) is 2. The first kappa shape index (κ1) is 13.7. The molecule has 2 amide bonds. The Labute approximate surface area is 118 Å². The van der Waals surface area contributed by atoms with Crippen molar-refractivity contribution in [1.29, 1.82) is 0 Å². The highest BCUT2D eigenvalue weighted by molar-refractivity contribution is 5.73. The molecular weight excluding hydrogens is 252 g/mol. The van der Waals surface area contributed by atoms with E-state index in [1.165, 1.54) is 0 Å². The lowest BCUT2D eigenvalue weighted by Crippen LogP contribution is -2.34. The number of nitrogens with two attached hydrogens (primary N) is 2. The highest BCUT2D eigenvalue weighted by Gasteiger charge is 2.01. The number of nitrogen functional groups attached to an aromatic ring is 2. The quantitative estimate of drug-likeness (QED) is 0.639. The van der Waals surface area contributed by atoms with Crippen molar-refractivity contribution < 1.29 is 4.79 Å². The van der Waals surface area contributed by atoms with Crippen LogP contribution in [-0.2, 0) is 13.1 Å². The summed E-state index contributed by atoms with van der Waals surface area (Å²) in [5.74, 6) is 0. The molecule has 0 aliphatic carbocycles. The van der Waals surface area contributed by atoms with Crippen LogP contribution in [-0.4, -0.2) is 6.03 Å². The molecular formula is C15H18N4O. The molecule has 6 N–H and O–H groups in total. The molecule has 0 radical (unpaired) electrons. The highest BCUT2D eigenvalue weighted by Crippen LogP contribution is 2.07. The van der Waals surface area contributed by atoms with E-state index in [1.807, 2.05) is 48.5 Å². The Morgan fingerprint density at radius 1 is 0.850 bits per heavy atom. The van der Waals surface area contributed by atoms with Gasteiger partial charge < -0.3 is 22.1 Å². The minimum absolute atomic E-state index is 0.227. The van der Waals surface area contributed by atoms with E-state index in [1.54, 1.807) is 0 Å². The van der Waals surface area contributed by atoms with Crippen LogP contribution >= 0.6 is 0 Å². The Kier molecular flexibility index (Phi) is 4.44. The molecule has 0 aromatic heterocycles. The summed E-state index contributed by atoms with van der Waals surface area (Å²) in [4.78, 5) is 11.7. The molecule has 0 bridgehead atoms. The van der Waals surface area contributed by atoms with E-state index in [0.717, 1.165) is 11.1 Å². The summed E-state index contributed by atoms with van der Waals surface area (Å²) in [6, 6.07) is 14.6. The average Bonchev–Trinajstić information content (AvgIpc) is 2.43. The van der Waals surface area contributed by atoms with Crippen LogP contribution < -0.4 is 22.1 Å². The Morgan fingerprint density at radius 3 is 1.70 bits per heavy atom. The van der Waals surface area contributed by atoms with E-state index in [4.69, 9.17) is 11.5 Å². The third kappa shape index (κ3) is 4.20. The summed E-state index contributed by atoms with van der Waals surface area (Å²) >= 11 is 0. The van der Waals surface area contributed by atoms with Gasteiger partial charge in [0.15, 0.2) is 0 Å². The normalized spacial score (nSPS) is 10.0. The maximum Gasteiger partial charge on any atom is 0.315 e. The number of urea groups is 1. The largest absolute Gasteiger partial charge is 0.399 e. The molecule has 5 heteroatoms. The van der Waals surface area contributed by atoms with E-state index < -0.39 is 0 Å². The van der Waals surface area contributed by atoms with E-state index in [-0.39, 0.29) is 6.03 Å². The fraction of sp³-hybridized carbons (Fsp3) is 0.133. The summed E-state index contributed by atoms with van der Waals surface area (Å²) in [7, 11) is 0. The molecule has 5 nitrogen and oxygen atoms in total. The second kappa shape index (κ2) is 6.47. The molecule has 104 valence electrons. The number of hydrogen-bond donors (Lipinski definition) is 4. The van der Waals surface area contributed by atoms with Crippen LogP contribution in [0.2, 0.25) is 0 Å². The first-order chi connectivity index (χ1) is 9.63. The first-order valence-corrected chi connectivity index (χ1v) is 6.34. The van der Waals surface area contributed by atoms with Crippen LogP contribution in [0.15, 0.2) is 48.5 Å². The number of carbonyl (C=O) groups excluding carboxylic acids is 1. The highest BCUT2D eigenvalue weighted by atomic mass is 16.2. The van der Waals surface area contributed by atoms with Gasteiger partial charge in [-0.2, -0.15) is 0 Å². The predicted molar refractivity (Wildman–Crippen MR) is 80.8 cm³/mol. The zero-order valence-corrected chi connectivity index (χ0v) is 11.1. The lowest BCUT2D eigenvalue weighted by atomic mass is 10.2. The van der Waals surface area contributed by atoms with Gasteiger partial charge in [-0.3, -0.25) is 0 Å². The Hall–Kier alpha value is -2.69. The first-order valence-electron chi connectivity index (χ1n) is 6.34. The molecule has 0 unspecified atom stereocenters. The van der Waals surface area contributed by atoms with Crippen molar-refractivity contribution in [2.24, 2.45) is 0 Å². The summed E-state index contributed by atoms with van der Waals surface area (Å²) < 4.78 is 0. The molecule has 0 saturated carbocycles. The van der Waals surface area contributed by atoms with Gasteiger partial charge in [-0.05, 0) is 35.4 Å². The van der Waals surface area contributed by atoms with Gasteiger partial charge in [0, 0.05) is 24.5 Å². The van der Waals surface area contributed by atoms with Crippen LogP contribution in [0.3, 0.4) is 0 Å².